The van der Waals surface area contributed by atoms with Gasteiger partial charge in [0, 0.05) is 19.6 Å². The molecule has 0 radical (unpaired) electrons. The van der Waals surface area contributed by atoms with E-state index in [1.54, 1.807) is 0 Å². The summed E-state index contributed by atoms with van der Waals surface area (Å²) in [6.45, 7) is 5.94. The Morgan fingerprint density at radius 2 is 2.50 bits per heavy atom. The van der Waals surface area contributed by atoms with E-state index in [1.807, 2.05) is 0 Å². The van der Waals surface area contributed by atoms with Crippen molar-refractivity contribution in [1.29, 1.82) is 0 Å². The number of nitrogens with one attached hydrogen (secondary N) is 1. The smallest absolute Gasteiger partial charge is 0.234 e. The molecule has 0 saturated carbocycles. The molecule has 1 aliphatic rings. The van der Waals surface area contributed by atoms with Gasteiger partial charge in [0.15, 0.2) is 0 Å². The van der Waals surface area contributed by atoms with Gasteiger partial charge in [-0.25, -0.2) is 0 Å². The lowest BCUT2D eigenvalue weighted by molar-refractivity contribution is -0.127. The van der Waals surface area contributed by atoms with Crippen molar-refractivity contribution in [2.75, 3.05) is 26.2 Å². The number of likely N-dealkylation sites (tertiary alicyclic amines) is 1. The fourth-order valence-electron chi connectivity index (χ4n) is 1.43. The van der Waals surface area contributed by atoms with E-state index in [4.69, 9.17) is 5.73 Å². The van der Waals surface area contributed by atoms with E-state index in [-0.39, 0.29) is 11.9 Å². The first-order valence-corrected chi connectivity index (χ1v) is 4.49. The topological polar surface area (TPSA) is 58.4 Å². The number of primary amides is 1. The summed E-state index contributed by atoms with van der Waals surface area (Å²) in [7, 11) is 0. The molecule has 1 saturated heterocycles. The van der Waals surface area contributed by atoms with Crippen molar-refractivity contribution >= 4 is 5.91 Å². The molecule has 0 aromatic rings. The van der Waals surface area contributed by atoms with E-state index < -0.39 is 0 Å². The van der Waals surface area contributed by atoms with Crippen molar-refractivity contribution in [3.8, 4) is 0 Å². The number of amides is 1. The van der Waals surface area contributed by atoms with E-state index in [0.717, 1.165) is 32.6 Å². The normalized spacial score (nSPS) is 23.6. The van der Waals surface area contributed by atoms with Gasteiger partial charge in [-0.2, -0.15) is 0 Å². The minimum absolute atomic E-state index is 0.00339. The van der Waals surface area contributed by atoms with E-state index >= 15 is 0 Å². The summed E-state index contributed by atoms with van der Waals surface area (Å²) in [5, 5.41) is 3.21. The number of carbonyl (C=O) groups excluding carboxylic acids is 1. The average Bonchev–Trinajstić information content (AvgIpc) is 1.94. The van der Waals surface area contributed by atoms with E-state index in [0.29, 0.717) is 0 Å². The summed E-state index contributed by atoms with van der Waals surface area (Å²) in [5.74, 6) is -0.183. The van der Waals surface area contributed by atoms with Crippen molar-refractivity contribution in [2.45, 2.75) is 19.4 Å². The standard InChI is InChI=1S/C8H17N3O/c1-2-10-4-6-11-5-3-7(11)8(9)12/h7,10H,2-6H2,1H3,(H2,9,12). The van der Waals surface area contributed by atoms with Crippen LogP contribution in [0, 0.1) is 0 Å². The minimum Gasteiger partial charge on any atom is -0.368 e. The Kier molecular flexibility index (Phi) is 3.49. The molecule has 4 heteroatoms. The van der Waals surface area contributed by atoms with Gasteiger partial charge in [0.2, 0.25) is 5.91 Å². The first kappa shape index (κ1) is 9.48. The highest BCUT2D eigenvalue weighted by molar-refractivity contribution is 5.80. The highest BCUT2D eigenvalue weighted by Crippen LogP contribution is 2.15. The molecular weight excluding hydrogens is 154 g/mol. The largest absolute Gasteiger partial charge is 0.368 e. The Hall–Kier alpha value is -0.610. The summed E-state index contributed by atoms with van der Waals surface area (Å²) < 4.78 is 0. The third kappa shape index (κ3) is 2.19. The van der Waals surface area contributed by atoms with Gasteiger partial charge in [-0.3, -0.25) is 9.69 Å². The lowest BCUT2D eigenvalue weighted by Gasteiger charge is -2.38. The number of hydrogen-bond donors (Lipinski definition) is 2. The first-order valence-electron chi connectivity index (χ1n) is 4.49. The zero-order valence-corrected chi connectivity index (χ0v) is 7.55. The van der Waals surface area contributed by atoms with Crippen LogP contribution in [-0.4, -0.2) is 43.0 Å². The van der Waals surface area contributed by atoms with Gasteiger partial charge < -0.3 is 11.1 Å². The summed E-state index contributed by atoms with van der Waals surface area (Å²) in [6.07, 6.45) is 0.932. The lowest BCUT2D eigenvalue weighted by Crippen LogP contribution is -2.56. The molecule has 0 aromatic heterocycles. The number of hydrogen-bond acceptors (Lipinski definition) is 3. The molecule has 1 rings (SSSR count). The van der Waals surface area contributed by atoms with E-state index in [9.17, 15) is 4.79 Å². The summed E-state index contributed by atoms with van der Waals surface area (Å²) in [5.41, 5.74) is 5.19. The molecule has 0 spiro atoms. The van der Waals surface area contributed by atoms with Crippen LogP contribution < -0.4 is 11.1 Å². The molecule has 12 heavy (non-hydrogen) atoms. The van der Waals surface area contributed by atoms with Crippen LogP contribution in [0.15, 0.2) is 0 Å². The third-order valence-corrected chi connectivity index (χ3v) is 2.28. The Balaban J connectivity index is 2.12. The molecule has 3 N–H and O–H groups in total. The molecule has 1 unspecified atom stereocenters. The maximum absolute atomic E-state index is 10.8. The number of rotatable bonds is 5. The lowest BCUT2D eigenvalue weighted by atomic mass is 10.0. The van der Waals surface area contributed by atoms with Crippen LogP contribution in [0.4, 0.5) is 0 Å². The Morgan fingerprint density at radius 3 is 2.92 bits per heavy atom. The van der Waals surface area contributed by atoms with Crippen LogP contribution in [0.25, 0.3) is 0 Å². The molecule has 0 aliphatic carbocycles. The van der Waals surface area contributed by atoms with Crippen molar-refractivity contribution in [1.82, 2.24) is 10.2 Å². The summed E-state index contributed by atoms with van der Waals surface area (Å²) in [4.78, 5) is 12.9. The zero-order valence-electron chi connectivity index (χ0n) is 7.55. The van der Waals surface area contributed by atoms with E-state index in [1.165, 1.54) is 0 Å². The molecule has 0 bridgehead atoms. The SMILES string of the molecule is CCNCCN1CCC1C(N)=O. The number of carbonyl (C=O) groups is 1. The highest BCUT2D eigenvalue weighted by atomic mass is 16.1. The van der Waals surface area contributed by atoms with Gasteiger partial charge in [-0.15, -0.1) is 0 Å². The van der Waals surface area contributed by atoms with Crippen molar-refractivity contribution in [3.05, 3.63) is 0 Å². The Bertz CT molecular complexity index is 160. The molecule has 1 aliphatic heterocycles. The average molecular weight is 171 g/mol. The molecule has 1 atom stereocenters. The second-order valence-electron chi connectivity index (χ2n) is 3.10. The molecule has 1 fully saturated rings. The molecule has 70 valence electrons. The maximum Gasteiger partial charge on any atom is 0.234 e. The molecule has 4 nitrogen and oxygen atoms in total. The number of nitrogens with zero attached hydrogens (tertiary/aromatic N) is 1. The second kappa shape index (κ2) is 4.42. The first-order chi connectivity index (χ1) is 5.75. The predicted molar refractivity (Wildman–Crippen MR) is 47.7 cm³/mol. The number of nitrogens with two attached hydrogens (primary N) is 1. The number of likely N-dealkylation sites (N-methyl/N-ethyl adjacent to an activating group) is 1. The molecule has 0 aromatic carbocycles. The van der Waals surface area contributed by atoms with Crippen LogP contribution in [0.2, 0.25) is 0 Å². The van der Waals surface area contributed by atoms with Gasteiger partial charge in [-0.1, -0.05) is 6.92 Å². The minimum atomic E-state index is -0.183. The summed E-state index contributed by atoms with van der Waals surface area (Å²) >= 11 is 0. The highest BCUT2D eigenvalue weighted by Gasteiger charge is 2.31. The maximum atomic E-state index is 10.8. The van der Waals surface area contributed by atoms with Gasteiger partial charge >= 0.3 is 0 Å². The molecule has 1 amide bonds. The van der Waals surface area contributed by atoms with Crippen LogP contribution in [-0.2, 0) is 4.79 Å². The van der Waals surface area contributed by atoms with Crippen LogP contribution in [0.5, 0.6) is 0 Å². The third-order valence-electron chi connectivity index (χ3n) is 2.28. The Labute approximate surface area is 73.1 Å². The molecule has 1 heterocycles. The van der Waals surface area contributed by atoms with Gasteiger partial charge in [-0.05, 0) is 13.0 Å². The molecular formula is C8H17N3O. The second-order valence-corrected chi connectivity index (χ2v) is 3.10. The quantitative estimate of drug-likeness (QED) is 0.530. The fourth-order valence-corrected chi connectivity index (χ4v) is 1.43. The van der Waals surface area contributed by atoms with Gasteiger partial charge in [0.25, 0.3) is 0 Å². The Morgan fingerprint density at radius 1 is 1.75 bits per heavy atom. The van der Waals surface area contributed by atoms with Gasteiger partial charge in [0.1, 0.15) is 0 Å². The van der Waals surface area contributed by atoms with Crippen molar-refractivity contribution < 1.29 is 4.79 Å². The monoisotopic (exact) mass is 171 g/mol. The van der Waals surface area contributed by atoms with E-state index in [2.05, 4.69) is 17.1 Å². The van der Waals surface area contributed by atoms with Crippen LogP contribution in [0.3, 0.4) is 0 Å². The van der Waals surface area contributed by atoms with Crippen LogP contribution >= 0.6 is 0 Å². The van der Waals surface area contributed by atoms with Crippen molar-refractivity contribution in [3.63, 3.8) is 0 Å². The predicted octanol–water partition coefficient (Wildman–Crippen LogP) is -0.844. The summed E-state index contributed by atoms with van der Waals surface area (Å²) in [6, 6.07) is 0.00339. The zero-order chi connectivity index (χ0) is 8.97. The fraction of sp³-hybridized carbons (Fsp3) is 0.875. The van der Waals surface area contributed by atoms with Crippen molar-refractivity contribution in [2.24, 2.45) is 5.73 Å². The van der Waals surface area contributed by atoms with Gasteiger partial charge in [0.05, 0.1) is 6.04 Å². The van der Waals surface area contributed by atoms with Crippen LogP contribution in [0.1, 0.15) is 13.3 Å².